The van der Waals surface area contributed by atoms with Crippen LogP contribution in [0.15, 0.2) is 54.7 Å². The molecule has 2 aromatic rings. The Balaban J connectivity index is 1.61. The molecule has 0 spiro atoms. The first-order valence-electron chi connectivity index (χ1n) is 8.62. The largest absolute Gasteiger partial charge is 0.433 e. The van der Waals surface area contributed by atoms with Gasteiger partial charge in [-0.05, 0) is 35.3 Å². The summed E-state index contributed by atoms with van der Waals surface area (Å²) in [6.45, 7) is 1.97. The highest BCUT2D eigenvalue weighted by molar-refractivity contribution is 5.68. The maximum Gasteiger partial charge on any atom is 0.433 e. The van der Waals surface area contributed by atoms with Gasteiger partial charge in [0.2, 0.25) is 0 Å². The number of alkyl halides is 3. The molecule has 3 nitrogen and oxygen atoms in total. The van der Waals surface area contributed by atoms with E-state index in [9.17, 15) is 13.2 Å². The summed E-state index contributed by atoms with van der Waals surface area (Å²) < 4.78 is 44.6. The lowest BCUT2D eigenvalue weighted by Crippen LogP contribution is -2.53. The minimum atomic E-state index is -4.43. The van der Waals surface area contributed by atoms with Crippen molar-refractivity contribution in [3.05, 3.63) is 71.6 Å². The molecule has 2 unspecified atom stereocenters. The standard InChI is InChI=1S/C20H19F3N2O/c21-20(22,23)19-10-15(6-7-24-19)16-8-17-12-26-13-18(9-16)25(17)11-14-4-2-1-3-5-14/h1-8,10,17-18H,9,11-13H2. The van der Waals surface area contributed by atoms with Crippen molar-refractivity contribution in [1.82, 2.24) is 9.88 Å². The van der Waals surface area contributed by atoms with E-state index in [0.29, 0.717) is 25.2 Å². The van der Waals surface area contributed by atoms with Crippen molar-refractivity contribution < 1.29 is 17.9 Å². The van der Waals surface area contributed by atoms with E-state index < -0.39 is 11.9 Å². The maximum absolute atomic E-state index is 13.0. The van der Waals surface area contributed by atoms with E-state index in [1.165, 1.54) is 11.8 Å². The van der Waals surface area contributed by atoms with Crippen molar-refractivity contribution in [3.8, 4) is 0 Å². The molecular weight excluding hydrogens is 341 g/mol. The summed E-state index contributed by atoms with van der Waals surface area (Å²) in [6.07, 6.45) is -0.468. The third kappa shape index (κ3) is 3.52. The molecule has 136 valence electrons. The number of hydrogen-bond donors (Lipinski definition) is 0. The molecule has 4 rings (SSSR count). The Morgan fingerprint density at radius 3 is 2.65 bits per heavy atom. The van der Waals surface area contributed by atoms with Crippen molar-refractivity contribution in [2.45, 2.75) is 31.2 Å². The van der Waals surface area contributed by atoms with Gasteiger partial charge in [0.25, 0.3) is 0 Å². The van der Waals surface area contributed by atoms with Crippen LogP contribution in [0.5, 0.6) is 0 Å². The molecule has 0 saturated carbocycles. The number of halogens is 3. The molecule has 2 atom stereocenters. The van der Waals surface area contributed by atoms with Gasteiger partial charge in [-0.1, -0.05) is 36.4 Å². The van der Waals surface area contributed by atoms with Crippen LogP contribution in [0.25, 0.3) is 5.57 Å². The third-order valence-corrected chi connectivity index (χ3v) is 4.97. The van der Waals surface area contributed by atoms with E-state index in [4.69, 9.17) is 4.74 Å². The number of morpholine rings is 1. The molecule has 2 bridgehead atoms. The van der Waals surface area contributed by atoms with Gasteiger partial charge >= 0.3 is 6.18 Å². The number of benzene rings is 1. The van der Waals surface area contributed by atoms with Crippen LogP contribution >= 0.6 is 0 Å². The molecule has 1 saturated heterocycles. The van der Waals surface area contributed by atoms with E-state index in [1.54, 1.807) is 6.07 Å². The van der Waals surface area contributed by atoms with E-state index >= 15 is 0 Å². The predicted octanol–water partition coefficient (Wildman–Crippen LogP) is 4.16. The second-order valence-corrected chi connectivity index (χ2v) is 6.74. The highest BCUT2D eigenvalue weighted by Crippen LogP contribution is 2.35. The fraction of sp³-hybridized carbons (Fsp3) is 0.350. The molecule has 26 heavy (non-hydrogen) atoms. The van der Waals surface area contributed by atoms with Gasteiger partial charge in [0, 0.05) is 18.8 Å². The average molecular weight is 360 g/mol. The number of rotatable bonds is 3. The van der Waals surface area contributed by atoms with Crippen LogP contribution in [0, 0.1) is 0 Å². The molecule has 0 radical (unpaired) electrons. The lowest BCUT2D eigenvalue weighted by molar-refractivity contribution is -0.141. The van der Waals surface area contributed by atoms with Crippen molar-refractivity contribution in [3.63, 3.8) is 0 Å². The number of hydrogen-bond acceptors (Lipinski definition) is 3. The molecule has 2 aliphatic rings. The molecule has 2 aliphatic heterocycles. The van der Waals surface area contributed by atoms with Gasteiger partial charge in [-0.15, -0.1) is 0 Å². The summed E-state index contributed by atoms with van der Waals surface area (Å²) in [7, 11) is 0. The third-order valence-electron chi connectivity index (χ3n) is 4.97. The Bertz CT molecular complexity index is 804. The molecule has 1 aromatic carbocycles. The minimum absolute atomic E-state index is 0.0696. The molecule has 6 heteroatoms. The fourth-order valence-electron chi connectivity index (χ4n) is 3.70. The van der Waals surface area contributed by atoms with Crippen LogP contribution < -0.4 is 0 Å². The topological polar surface area (TPSA) is 25.4 Å². The fourth-order valence-corrected chi connectivity index (χ4v) is 3.70. The van der Waals surface area contributed by atoms with Crippen molar-refractivity contribution in [1.29, 1.82) is 0 Å². The number of aromatic nitrogens is 1. The summed E-state index contributed by atoms with van der Waals surface area (Å²) >= 11 is 0. The Hall–Kier alpha value is -2.18. The summed E-state index contributed by atoms with van der Waals surface area (Å²) in [6, 6.07) is 13.2. The van der Waals surface area contributed by atoms with Crippen molar-refractivity contribution in [2.24, 2.45) is 0 Å². The first-order chi connectivity index (χ1) is 12.5. The van der Waals surface area contributed by atoms with Crippen LogP contribution in [0.3, 0.4) is 0 Å². The molecule has 0 aliphatic carbocycles. The summed E-state index contributed by atoms with van der Waals surface area (Å²) in [5, 5.41) is 0. The summed E-state index contributed by atoms with van der Waals surface area (Å²) in [4.78, 5) is 5.84. The van der Waals surface area contributed by atoms with Crippen molar-refractivity contribution >= 4 is 5.57 Å². The smallest absolute Gasteiger partial charge is 0.378 e. The van der Waals surface area contributed by atoms with Gasteiger partial charge < -0.3 is 4.74 Å². The zero-order valence-corrected chi connectivity index (χ0v) is 14.1. The quantitative estimate of drug-likeness (QED) is 0.822. The maximum atomic E-state index is 13.0. The Kier molecular flexibility index (Phi) is 4.54. The van der Waals surface area contributed by atoms with Gasteiger partial charge in [-0.2, -0.15) is 13.2 Å². The zero-order valence-electron chi connectivity index (χ0n) is 14.1. The Morgan fingerprint density at radius 1 is 1.12 bits per heavy atom. The van der Waals surface area contributed by atoms with Gasteiger partial charge in [-0.3, -0.25) is 9.88 Å². The highest BCUT2D eigenvalue weighted by Gasteiger charge is 2.36. The first-order valence-corrected chi connectivity index (χ1v) is 8.62. The normalized spacial score (nSPS) is 23.6. The van der Waals surface area contributed by atoms with Crippen molar-refractivity contribution in [2.75, 3.05) is 13.2 Å². The van der Waals surface area contributed by atoms with E-state index in [-0.39, 0.29) is 12.1 Å². The number of pyridine rings is 1. The lowest BCUT2D eigenvalue weighted by Gasteiger charge is -2.44. The molecule has 0 amide bonds. The lowest BCUT2D eigenvalue weighted by atomic mass is 9.89. The minimum Gasteiger partial charge on any atom is -0.378 e. The molecule has 0 N–H and O–H groups in total. The van der Waals surface area contributed by atoms with Crippen LogP contribution in [-0.4, -0.2) is 35.2 Å². The number of nitrogens with zero attached hydrogens (tertiary/aromatic N) is 2. The second-order valence-electron chi connectivity index (χ2n) is 6.74. The van der Waals surface area contributed by atoms with Gasteiger partial charge in [-0.25, -0.2) is 0 Å². The molecular formula is C20H19F3N2O. The Labute approximate surface area is 150 Å². The first kappa shape index (κ1) is 17.2. The van der Waals surface area contributed by atoms with E-state index in [2.05, 4.69) is 22.0 Å². The summed E-state index contributed by atoms with van der Waals surface area (Å²) in [5.74, 6) is 0. The average Bonchev–Trinajstić information content (AvgIpc) is 2.62. The van der Waals surface area contributed by atoms with Gasteiger partial charge in [0.05, 0.1) is 19.3 Å². The van der Waals surface area contributed by atoms with Crippen LogP contribution in [0.4, 0.5) is 13.2 Å². The zero-order chi connectivity index (χ0) is 18.1. The Morgan fingerprint density at radius 2 is 1.92 bits per heavy atom. The van der Waals surface area contributed by atoms with Crippen LogP contribution in [-0.2, 0) is 17.5 Å². The number of fused-ring (bicyclic) bond motifs is 2. The van der Waals surface area contributed by atoms with Crippen LogP contribution in [0.1, 0.15) is 23.2 Å². The second kappa shape index (κ2) is 6.85. The SMILES string of the molecule is FC(F)(F)c1cc(C2=CC3COCC(C2)N3Cc2ccccc2)ccn1. The highest BCUT2D eigenvalue weighted by atomic mass is 19.4. The predicted molar refractivity (Wildman–Crippen MR) is 92.2 cm³/mol. The van der Waals surface area contributed by atoms with Gasteiger partial charge in [0.1, 0.15) is 5.69 Å². The summed E-state index contributed by atoms with van der Waals surface area (Å²) in [5.41, 5.74) is 1.93. The molecule has 1 fully saturated rings. The van der Waals surface area contributed by atoms with E-state index in [0.717, 1.165) is 18.2 Å². The monoisotopic (exact) mass is 360 g/mol. The number of ether oxygens (including phenoxy) is 1. The van der Waals surface area contributed by atoms with E-state index in [1.807, 2.05) is 24.3 Å². The molecule has 3 heterocycles. The van der Waals surface area contributed by atoms with Crippen LogP contribution in [0.2, 0.25) is 0 Å². The van der Waals surface area contributed by atoms with Gasteiger partial charge in [0.15, 0.2) is 0 Å². The molecule has 1 aromatic heterocycles.